The highest BCUT2D eigenvalue weighted by atomic mass is 16.8. The second kappa shape index (κ2) is 21.8. The third-order valence-electron chi connectivity index (χ3n) is 19.3. The number of rotatable bonds is 16. The summed E-state index contributed by atoms with van der Waals surface area (Å²) in [4.78, 5) is 23.2. The first kappa shape index (κ1) is 57.7. The Hall–Kier alpha value is -2.00. The standard InChI is InChI=1S/C51H84O21/c1-23(2)10-9-14-51(8,72-45-42(65)39(62)37(60)28(69-45)22-66-33(57)19-32(55)56)24-11-16-50(7)34(24)25(54)18-30-48(5)15-13-31(47(3,4)29(48)12-17-49(30,50)6)70-46-43(40(63)36(59)27(21-53)68-46)71-44-41(64)38(61)35(58)26(20-52)67-44/h10,24-31,34-46,52-54,58-65H,9,11-22H2,1-8H3,(H,55,56)/t24-,25+,26+,27+,28+,29-,30+,31-,34-,35+,36+,37+,38-,39-,40-,41+,42+,43+,44-,45-,46-,48-,49+,50+,51-/m0/s1. The van der Waals surface area contributed by atoms with Crippen molar-refractivity contribution in [2.45, 2.75) is 230 Å². The molecule has 0 radical (unpaired) electrons. The van der Waals surface area contributed by atoms with Gasteiger partial charge < -0.3 is 94.4 Å². The van der Waals surface area contributed by atoms with Crippen molar-refractivity contribution in [2.24, 2.45) is 45.3 Å². The van der Waals surface area contributed by atoms with Gasteiger partial charge in [0.2, 0.25) is 0 Å². The maximum Gasteiger partial charge on any atom is 0.317 e. The Morgan fingerprint density at radius 2 is 1.24 bits per heavy atom. The van der Waals surface area contributed by atoms with Gasteiger partial charge in [-0.25, -0.2) is 0 Å². The largest absolute Gasteiger partial charge is 0.481 e. The molecular weight excluding hydrogens is 949 g/mol. The van der Waals surface area contributed by atoms with Gasteiger partial charge in [-0.3, -0.25) is 9.59 Å². The molecule has 0 spiro atoms. The number of hydrogen-bond donors (Lipinski definition) is 12. The summed E-state index contributed by atoms with van der Waals surface area (Å²) in [7, 11) is 0. The van der Waals surface area contributed by atoms with Crippen LogP contribution in [0.15, 0.2) is 11.6 Å². The van der Waals surface area contributed by atoms with Gasteiger partial charge in [-0.05, 0) is 124 Å². The lowest BCUT2D eigenvalue weighted by Crippen LogP contribution is -2.68. The number of carboxylic acid groups (broad SMARTS) is 1. The minimum absolute atomic E-state index is 0.0460. The third-order valence-corrected chi connectivity index (χ3v) is 19.3. The number of carbonyl (C=O) groups is 2. The predicted octanol–water partition coefficient (Wildman–Crippen LogP) is -0.00120. The molecule has 3 aliphatic heterocycles. The molecule has 72 heavy (non-hydrogen) atoms. The summed E-state index contributed by atoms with van der Waals surface area (Å²) in [5.74, 6) is -2.90. The van der Waals surface area contributed by atoms with Crippen LogP contribution < -0.4 is 0 Å². The summed E-state index contributed by atoms with van der Waals surface area (Å²) in [5, 5.41) is 129. The van der Waals surface area contributed by atoms with E-state index in [0.29, 0.717) is 38.5 Å². The summed E-state index contributed by atoms with van der Waals surface area (Å²) in [5.41, 5.74) is -1.53. The molecule has 4 aliphatic carbocycles. The van der Waals surface area contributed by atoms with Gasteiger partial charge >= 0.3 is 11.9 Å². The molecule has 7 aliphatic rings. The first-order chi connectivity index (χ1) is 33.6. The maximum absolute atomic E-state index is 12.7. The molecule has 0 aromatic rings. The van der Waals surface area contributed by atoms with Crippen molar-refractivity contribution in [3.8, 4) is 0 Å². The van der Waals surface area contributed by atoms with Crippen LogP contribution in [0.2, 0.25) is 0 Å². The molecule has 4 saturated carbocycles. The fraction of sp³-hybridized carbons (Fsp3) is 0.922. The van der Waals surface area contributed by atoms with E-state index in [1.54, 1.807) is 0 Å². The van der Waals surface area contributed by atoms with Crippen molar-refractivity contribution >= 4 is 11.9 Å². The van der Waals surface area contributed by atoms with Gasteiger partial charge in [0.25, 0.3) is 0 Å². The van der Waals surface area contributed by atoms with Gasteiger partial charge in [-0.2, -0.15) is 0 Å². The molecule has 21 heteroatoms. The molecule has 0 amide bonds. The van der Waals surface area contributed by atoms with E-state index in [1.165, 1.54) is 0 Å². The van der Waals surface area contributed by atoms with E-state index in [-0.39, 0.29) is 34.5 Å². The van der Waals surface area contributed by atoms with Crippen LogP contribution in [0.4, 0.5) is 0 Å². The van der Waals surface area contributed by atoms with Gasteiger partial charge in [-0.15, -0.1) is 0 Å². The molecular formula is C51H84O21. The maximum atomic E-state index is 12.7. The second-order valence-electron chi connectivity index (χ2n) is 24.0. The Bertz CT molecular complexity index is 1920. The zero-order valence-electron chi connectivity index (χ0n) is 42.9. The number of ether oxygens (including phenoxy) is 7. The lowest BCUT2D eigenvalue weighted by atomic mass is 9.35. The van der Waals surface area contributed by atoms with Crippen LogP contribution in [-0.4, -0.2) is 203 Å². The average Bonchev–Trinajstić information content (AvgIpc) is 3.70. The molecule has 0 aromatic carbocycles. The topological polar surface area (TPSA) is 342 Å². The third kappa shape index (κ3) is 10.3. The Morgan fingerprint density at radius 3 is 1.85 bits per heavy atom. The van der Waals surface area contributed by atoms with E-state index in [1.807, 2.05) is 20.8 Å². The lowest BCUT2D eigenvalue weighted by molar-refractivity contribution is -0.378. The molecule has 25 atom stereocenters. The predicted molar refractivity (Wildman–Crippen MR) is 250 cm³/mol. The highest BCUT2D eigenvalue weighted by Gasteiger charge is 2.72. The van der Waals surface area contributed by atoms with Crippen LogP contribution in [0.25, 0.3) is 0 Å². The first-order valence-corrected chi connectivity index (χ1v) is 25.9. The number of carbonyl (C=O) groups excluding carboxylic acids is 1. The van der Waals surface area contributed by atoms with Crippen LogP contribution in [0.3, 0.4) is 0 Å². The Morgan fingerprint density at radius 1 is 0.667 bits per heavy atom. The van der Waals surface area contributed by atoms with Gasteiger partial charge in [0, 0.05) is 0 Å². The lowest BCUT2D eigenvalue weighted by Gasteiger charge is -2.71. The molecule has 21 nitrogen and oxygen atoms in total. The van der Waals surface area contributed by atoms with Crippen molar-refractivity contribution in [3.05, 3.63) is 11.6 Å². The zero-order chi connectivity index (χ0) is 53.2. The van der Waals surface area contributed by atoms with E-state index < -0.39 is 159 Å². The summed E-state index contributed by atoms with van der Waals surface area (Å²) < 4.78 is 42.4. The highest BCUT2D eigenvalue weighted by Crippen LogP contribution is 2.76. The number of allylic oxidation sites excluding steroid dienone is 2. The van der Waals surface area contributed by atoms with E-state index in [9.17, 15) is 65.8 Å². The summed E-state index contributed by atoms with van der Waals surface area (Å²) in [6, 6.07) is 0. The molecule has 7 rings (SSSR count). The fourth-order valence-corrected chi connectivity index (χ4v) is 15.2. The van der Waals surface area contributed by atoms with Crippen molar-refractivity contribution in [2.75, 3.05) is 19.8 Å². The number of esters is 1. The Kier molecular flexibility index (Phi) is 17.5. The Labute approximate surface area is 421 Å². The molecule has 12 N–H and O–H groups in total. The summed E-state index contributed by atoms with van der Waals surface area (Å²) >= 11 is 0. The van der Waals surface area contributed by atoms with Crippen LogP contribution >= 0.6 is 0 Å². The van der Waals surface area contributed by atoms with Crippen LogP contribution in [0.1, 0.15) is 120 Å². The van der Waals surface area contributed by atoms with Crippen LogP contribution in [0, 0.1) is 45.3 Å². The van der Waals surface area contributed by atoms with E-state index in [0.717, 1.165) is 24.8 Å². The monoisotopic (exact) mass is 1030 g/mol. The number of aliphatic carboxylic acids is 1. The van der Waals surface area contributed by atoms with E-state index in [4.69, 9.17) is 38.3 Å². The number of fused-ring (bicyclic) bond motifs is 5. The second-order valence-corrected chi connectivity index (χ2v) is 24.0. The zero-order valence-corrected chi connectivity index (χ0v) is 42.9. The fourth-order valence-electron chi connectivity index (χ4n) is 15.2. The van der Waals surface area contributed by atoms with E-state index >= 15 is 0 Å². The smallest absolute Gasteiger partial charge is 0.317 e. The molecule has 0 bridgehead atoms. The molecule has 3 heterocycles. The molecule has 3 saturated heterocycles. The van der Waals surface area contributed by atoms with Crippen LogP contribution in [0.5, 0.6) is 0 Å². The van der Waals surface area contributed by atoms with Crippen molar-refractivity contribution in [1.29, 1.82) is 0 Å². The van der Waals surface area contributed by atoms with E-state index in [2.05, 4.69) is 40.7 Å². The first-order valence-electron chi connectivity index (χ1n) is 25.9. The minimum atomic E-state index is -1.81. The van der Waals surface area contributed by atoms with Gasteiger partial charge in [0.1, 0.15) is 86.3 Å². The molecule has 7 fully saturated rings. The normalized spacial score (nSPS) is 48.8. The quantitative estimate of drug-likeness (QED) is 0.0419. The highest BCUT2D eigenvalue weighted by molar-refractivity contribution is 5.90. The van der Waals surface area contributed by atoms with Gasteiger partial charge in [-0.1, -0.05) is 46.3 Å². The summed E-state index contributed by atoms with van der Waals surface area (Å²) in [6.07, 6.45) is -18.1. The van der Waals surface area contributed by atoms with Crippen molar-refractivity contribution in [3.63, 3.8) is 0 Å². The van der Waals surface area contributed by atoms with Gasteiger partial charge in [0.15, 0.2) is 18.9 Å². The Balaban J connectivity index is 1.12. The number of carboxylic acids is 1. The van der Waals surface area contributed by atoms with Crippen molar-refractivity contribution < 1.29 is 104 Å². The molecule has 0 aromatic heterocycles. The number of hydrogen-bond acceptors (Lipinski definition) is 20. The minimum Gasteiger partial charge on any atom is -0.481 e. The number of aliphatic hydroxyl groups excluding tert-OH is 11. The summed E-state index contributed by atoms with van der Waals surface area (Å²) in [6.45, 7) is 15.2. The average molecular weight is 1030 g/mol. The molecule has 414 valence electrons. The molecule has 0 unspecified atom stereocenters. The van der Waals surface area contributed by atoms with Crippen LogP contribution in [-0.2, 0) is 42.7 Å². The van der Waals surface area contributed by atoms with Gasteiger partial charge in [0.05, 0.1) is 31.0 Å². The van der Waals surface area contributed by atoms with Crippen molar-refractivity contribution in [1.82, 2.24) is 0 Å². The number of aliphatic hydroxyl groups is 11. The SMILES string of the molecule is CC(C)=CCC[C@](C)(O[C@@H]1O[C@H](COC(=O)CC(=O)O)[C@@H](O)[C@H](O)[C@H]1O)[C@H]1CC[C@]2(C)[C@@H]1[C@H](O)C[C@@H]1[C@@]3(C)CC[C@H](O[C@@H]4O[C@H](CO)[C@@H](O)[C@H](O)[C@H]4O[C@@H]4O[C@H](CO)[C@@H](O)[C@H](O)[C@H]4O)C(C)(C)[C@@H]3CC[C@]12C.